The molecule has 0 heterocycles. The number of rotatable bonds is 4. The Morgan fingerprint density at radius 2 is 1.58 bits per heavy atom. The van der Waals surface area contributed by atoms with Crippen molar-refractivity contribution in [3.05, 3.63) is 0 Å². The van der Waals surface area contributed by atoms with Crippen molar-refractivity contribution in [1.82, 2.24) is 0 Å². The number of hydrogen-bond acceptors (Lipinski definition) is 1. The average molecular weight is 172 g/mol. The zero-order valence-corrected chi connectivity index (χ0v) is 9.44. The third-order valence-corrected chi connectivity index (χ3v) is 3.02. The first-order chi connectivity index (χ1) is 5.19. The monoisotopic (exact) mass is 172 g/mol. The molecule has 1 heteroatoms. The van der Waals surface area contributed by atoms with Crippen LogP contribution in [-0.4, -0.2) is 10.7 Å². The maximum Gasteiger partial charge on any atom is 0.0617 e. The highest BCUT2D eigenvalue weighted by atomic mass is 16.3. The van der Waals surface area contributed by atoms with E-state index in [1.165, 1.54) is 6.42 Å². The maximum absolute atomic E-state index is 9.75. The van der Waals surface area contributed by atoms with Gasteiger partial charge in [0.1, 0.15) is 0 Å². The summed E-state index contributed by atoms with van der Waals surface area (Å²) in [6, 6.07) is 0. The summed E-state index contributed by atoms with van der Waals surface area (Å²) in [7, 11) is 0. The summed E-state index contributed by atoms with van der Waals surface area (Å²) in [4.78, 5) is 0. The minimum atomic E-state index is -0.535. The first-order valence-corrected chi connectivity index (χ1v) is 4.91. The van der Waals surface area contributed by atoms with Crippen molar-refractivity contribution >= 4 is 0 Å². The van der Waals surface area contributed by atoms with Gasteiger partial charge in [0.15, 0.2) is 0 Å². The molecule has 0 aliphatic heterocycles. The molecule has 0 aromatic heterocycles. The molecule has 0 aromatic carbocycles. The van der Waals surface area contributed by atoms with Gasteiger partial charge in [-0.2, -0.15) is 0 Å². The number of aliphatic hydroxyl groups is 1. The van der Waals surface area contributed by atoms with Crippen molar-refractivity contribution < 1.29 is 5.11 Å². The first kappa shape index (κ1) is 12.0. The van der Waals surface area contributed by atoms with E-state index in [1.807, 2.05) is 13.8 Å². The highest BCUT2D eigenvalue weighted by molar-refractivity contribution is 4.79. The molecule has 0 radical (unpaired) electrons. The second-order valence-corrected chi connectivity index (χ2v) is 5.28. The second kappa shape index (κ2) is 3.78. The average Bonchev–Trinajstić information content (AvgIpc) is 1.85. The Hall–Kier alpha value is -0.0400. The fourth-order valence-corrected chi connectivity index (χ4v) is 1.22. The lowest BCUT2D eigenvalue weighted by Gasteiger charge is -2.33. The molecular weight excluding hydrogens is 148 g/mol. The molecular formula is C11H24O. The summed E-state index contributed by atoms with van der Waals surface area (Å²) in [5, 5.41) is 9.75. The van der Waals surface area contributed by atoms with Crippen LogP contribution < -0.4 is 0 Å². The fourth-order valence-electron chi connectivity index (χ4n) is 1.22. The molecule has 0 aliphatic rings. The van der Waals surface area contributed by atoms with E-state index in [1.54, 1.807) is 0 Å². The van der Waals surface area contributed by atoms with E-state index in [4.69, 9.17) is 0 Å². The smallest absolute Gasteiger partial charge is 0.0617 e. The quantitative estimate of drug-likeness (QED) is 0.690. The van der Waals surface area contributed by atoms with Gasteiger partial charge in [-0.05, 0) is 31.6 Å². The molecule has 0 aromatic rings. The maximum atomic E-state index is 9.75. The molecule has 0 aliphatic carbocycles. The SMILES string of the molecule is CCC(C)(C)CC(C)C(C)(C)O. The topological polar surface area (TPSA) is 20.2 Å². The molecule has 1 N–H and O–H groups in total. The Bertz CT molecular complexity index is 130. The van der Waals surface area contributed by atoms with Crippen LogP contribution in [0.5, 0.6) is 0 Å². The van der Waals surface area contributed by atoms with Crippen molar-refractivity contribution in [2.75, 3.05) is 0 Å². The molecule has 0 rings (SSSR count). The third-order valence-electron chi connectivity index (χ3n) is 3.02. The van der Waals surface area contributed by atoms with E-state index < -0.39 is 5.60 Å². The van der Waals surface area contributed by atoms with E-state index in [2.05, 4.69) is 27.7 Å². The van der Waals surface area contributed by atoms with E-state index in [0.717, 1.165) is 6.42 Å². The molecule has 1 nitrogen and oxygen atoms in total. The van der Waals surface area contributed by atoms with Crippen LogP contribution >= 0.6 is 0 Å². The summed E-state index contributed by atoms with van der Waals surface area (Å²) in [5.74, 6) is 0.368. The zero-order valence-electron chi connectivity index (χ0n) is 9.44. The van der Waals surface area contributed by atoms with Gasteiger partial charge in [-0.1, -0.05) is 34.1 Å². The predicted octanol–water partition coefficient (Wildman–Crippen LogP) is 3.22. The van der Waals surface area contributed by atoms with Gasteiger partial charge >= 0.3 is 0 Å². The van der Waals surface area contributed by atoms with E-state index >= 15 is 0 Å². The van der Waals surface area contributed by atoms with Gasteiger partial charge in [-0.3, -0.25) is 0 Å². The largest absolute Gasteiger partial charge is 0.390 e. The van der Waals surface area contributed by atoms with Crippen LogP contribution in [0.15, 0.2) is 0 Å². The summed E-state index contributed by atoms with van der Waals surface area (Å²) in [5.41, 5.74) is -0.175. The van der Waals surface area contributed by atoms with Crippen LogP contribution in [0.1, 0.15) is 54.4 Å². The van der Waals surface area contributed by atoms with Crippen LogP contribution in [0.4, 0.5) is 0 Å². The van der Waals surface area contributed by atoms with Crippen molar-refractivity contribution in [2.45, 2.75) is 60.0 Å². The van der Waals surface area contributed by atoms with Crippen LogP contribution in [0.2, 0.25) is 0 Å². The van der Waals surface area contributed by atoms with Gasteiger partial charge in [0.25, 0.3) is 0 Å². The molecule has 1 atom stereocenters. The lowest BCUT2D eigenvalue weighted by atomic mass is 9.76. The Kier molecular flexibility index (Phi) is 3.77. The second-order valence-electron chi connectivity index (χ2n) is 5.28. The Balaban J connectivity index is 4.09. The van der Waals surface area contributed by atoms with Gasteiger partial charge in [0, 0.05) is 0 Å². The van der Waals surface area contributed by atoms with Gasteiger partial charge < -0.3 is 5.11 Å². The van der Waals surface area contributed by atoms with Gasteiger partial charge in [-0.15, -0.1) is 0 Å². The Morgan fingerprint density at radius 3 is 1.83 bits per heavy atom. The minimum Gasteiger partial charge on any atom is -0.390 e. The van der Waals surface area contributed by atoms with Gasteiger partial charge in [-0.25, -0.2) is 0 Å². The van der Waals surface area contributed by atoms with Crippen molar-refractivity contribution in [2.24, 2.45) is 11.3 Å². The highest BCUT2D eigenvalue weighted by Gasteiger charge is 2.28. The molecule has 0 amide bonds. The minimum absolute atomic E-state index is 0.361. The standard InChI is InChI=1S/C11H24O/c1-7-10(3,4)8-9(2)11(5,6)12/h9,12H,7-8H2,1-6H3. The third kappa shape index (κ3) is 4.10. The summed E-state index contributed by atoms with van der Waals surface area (Å²) < 4.78 is 0. The number of hydrogen-bond donors (Lipinski definition) is 1. The van der Waals surface area contributed by atoms with Crippen molar-refractivity contribution in [3.8, 4) is 0 Å². The zero-order chi connectivity index (χ0) is 9.99. The first-order valence-electron chi connectivity index (χ1n) is 4.91. The van der Waals surface area contributed by atoms with Gasteiger partial charge in [0.05, 0.1) is 5.60 Å². The fraction of sp³-hybridized carbons (Fsp3) is 1.00. The lowest BCUT2D eigenvalue weighted by Crippen LogP contribution is -2.32. The Labute approximate surface area is 77.2 Å². The molecule has 0 saturated carbocycles. The highest BCUT2D eigenvalue weighted by Crippen LogP contribution is 2.33. The molecule has 74 valence electrons. The summed E-state index contributed by atoms with van der Waals surface area (Å²) in [6.45, 7) is 12.6. The van der Waals surface area contributed by atoms with Crippen LogP contribution in [0, 0.1) is 11.3 Å². The molecule has 0 bridgehead atoms. The molecule has 0 saturated heterocycles. The normalized spacial score (nSPS) is 16.2. The Morgan fingerprint density at radius 1 is 1.17 bits per heavy atom. The van der Waals surface area contributed by atoms with E-state index in [9.17, 15) is 5.11 Å². The van der Waals surface area contributed by atoms with Gasteiger partial charge in [0.2, 0.25) is 0 Å². The van der Waals surface area contributed by atoms with E-state index in [0.29, 0.717) is 11.3 Å². The molecule has 0 fully saturated rings. The predicted molar refractivity (Wildman–Crippen MR) is 54.2 cm³/mol. The van der Waals surface area contributed by atoms with Crippen LogP contribution in [-0.2, 0) is 0 Å². The van der Waals surface area contributed by atoms with E-state index in [-0.39, 0.29) is 0 Å². The molecule has 0 spiro atoms. The summed E-state index contributed by atoms with van der Waals surface area (Å²) >= 11 is 0. The summed E-state index contributed by atoms with van der Waals surface area (Å²) in [6.07, 6.45) is 2.26. The van der Waals surface area contributed by atoms with Crippen molar-refractivity contribution in [1.29, 1.82) is 0 Å². The lowest BCUT2D eigenvalue weighted by molar-refractivity contribution is 0.00528. The molecule has 12 heavy (non-hydrogen) atoms. The van der Waals surface area contributed by atoms with Crippen LogP contribution in [0.25, 0.3) is 0 Å². The van der Waals surface area contributed by atoms with Crippen molar-refractivity contribution in [3.63, 3.8) is 0 Å². The molecule has 1 unspecified atom stereocenters. The van der Waals surface area contributed by atoms with Crippen LogP contribution in [0.3, 0.4) is 0 Å².